The molecule has 30 heavy (non-hydrogen) atoms. The number of amides is 1. The van der Waals surface area contributed by atoms with E-state index in [1.165, 1.54) is 38.6 Å². The van der Waals surface area contributed by atoms with Gasteiger partial charge in [0.2, 0.25) is 0 Å². The van der Waals surface area contributed by atoms with Crippen molar-refractivity contribution < 1.29 is 9.53 Å². The number of rotatable bonds is 6. The molecule has 6 nitrogen and oxygen atoms in total. The Morgan fingerprint density at radius 1 is 1.13 bits per heavy atom. The van der Waals surface area contributed by atoms with Gasteiger partial charge in [0.05, 0.1) is 7.11 Å². The summed E-state index contributed by atoms with van der Waals surface area (Å²) in [6.45, 7) is 5.43. The molecule has 162 valence electrons. The van der Waals surface area contributed by atoms with E-state index in [9.17, 15) is 4.79 Å². The van der Waals surface area contributed by atoms with Crippen molar-refractivity contribution in [3.05, 3.63) is 41.7 Å². The number of nitrogens with zero attached hydrogens (tertiary/aromatic N) is 3. The summed E-state index contributed by atoms with van der Waals surface area (Å²) in [7, 11) is 1.64. The van der Waals surface area contributed by atoms with Crippen LogP contribution < -0.4 is 10.1 Å². The van der Waals surface area contributed by atoms with E-state index in [1.807, 2.05) is 31.3 Å². The second-order valence-electron chi connectivity index (χ2n) is 8.87. The molecule has 1 aromatic heterocycles. The van der Waals surface area contributed by atoms with Gasteiger partial charge in [0.1, 0.15) is 11.4 Å². The van der Waals surface area contributed by atoms with Crippen molar-refractivity contribution in [3.8, 4) is 11.4 Å². The minimum Gasteiger partial charge on any atom is -0.494 e. The Morgan fingerprint density at radius 2 is 1.90 bits per heavy atom. The molecule has 1 amide bonds. The van der Waals surface area contributed by atoms with Crippen LogP contribution in [0.5, 0.6) is 5.75 Å². The summed E-state index contributed by atoms with van der Waals surface area (Å²) in [5.74, 6) is 1.53. The van der Waals surface area contributed by atoms with Crippen molar-refractivity contribution in [2.24, 2.45) is 5.92 Å². The molecule has 2 aliphatic rings. The molecule has 0 unspecified atom stereocenters. The van der Waals surface area contributed by atoms with Crippen LogP contribution in [0.2, 0.25) is 0 Å². The maximum Gasteiger partial charge on any atom is 0.272 e. The number of aromatic nitrogens is 2. The molecule has 1 aliphatic heterocycles. The molecule has 2 heterocycles. The molecule has 1 saturated heterocycles. The van der Waals surface area contributed by atoms with E-state index in [0.717, 1.165) is 48.8 Å². The maximum absolute atomic E-state index is 12.7. The Bertz CT molecular complexity index is 849. The van der Waals surface area contributed by atoms with Crippen LogP contribution in [0.15, 0.2) is 30.5 Å². The fourth-order valence-corrected chi connectivity index (χ4v) is 4.81. The first-order valence-corrected chi connectivity index (χ1v) is 11.4. The van der Waals surface area contributed by atoms with Crippen LogP contribution in [-0.4, -0.2) is 53.4 Å². The van der Waals surface area contributed by atoms with E-state index in [2.05, 4.69) is 15.3 Å². The number of piperidine rings is 1. The van der Waals surface area contributed by atoms with Gasteiger partial charge in [0.25, 0.3) is 5.91 Å². The van der Waals surface area contributed by atoms with Crippen molar-refractivity contribution in [1.29, 1.82) is 0 Å². The Labute approximate surface area is 179 Å². The van der Waals surface area contributed by atoms with Gasteiger partial charge in [-0.25, -0.2) is 4.68 Å². The van der Waals surface area contributed by atoms with Crippen molar-refractivity contribution >= 4 is 5.91 Å². The number of nitrogens with one attached hydrogen (secondary N) is 1. The maximum atomic E-state index is 12.7. The number of hydrogen-bond acceptors (Lipinski definition) is 4. The monoisotopic (exact) mass is 410 g/mol. The van der Waals surface area contributed by atoms with Gasteiger partial charge in [-0.1, -0.05) is 25.3 Å². The van der Waals surface area contributed by atoms with E-state index in [0.29, 0.717) is 5.69 Å². The van der Waals surface area contributed by atoms with E-state index in [1.54, 1.807) is 17.9 Å². The van der Waals surface area contributed by atoms with Gasteiger partial charge in [-0.15, -0.1) is 0 Å². The van der Waals surface area contributed by atoms with Gasteiger partial charge in [-0.3, -0.25) is 4.79 Å². The molecule has 4 rings (SSSR count). The highest BCUT2D eigenvalue weighted by Crippen LogP contribution is 2.26. The van der Waals surface area contributed by atoms with Crippen LogP contribution in [-0.2, 0) is 0 Å². The number of ether oxygens (including phenoxy) is 1. The highest BCUT2D eigenvalue weighted by Gasteiger charge is 2.24. The Balaban J connectivity index is 1.30. The van der Waals surface area contributed by atoms with Crippen LogP contribution in [0.3, 0.4) is 0 Å². The number of benzene rings is 1. The van der Waals surface area contributed by atoms with Gasteiger partial charge in [0, 0.05) is 31.9 Å². The molecule has 0 spiro atoms. The molecule has 2 fully saturated rings. The molecular weight excluding hydrogens is 376 g/mol. The first-order chi connectivity index (χ1) is 14.6. The minimum atomic E-state index is -0.0916. The lowest BCUT2D eigenvalue weighted by atomic mass is 9.88. The largest absolute Gasteiger partial charge is 0.494 e. The summed E-state index contributed by atoms with van der Waals surface area (Å²) in [5, 5.41) is 7.69. The van der Waals surface area contributed by atoms with Crippen LogP contribution in [0.1, 0.15) is 61.0 Å². The highest BCUT2D eigenvalue weighted by atomic mass is 16.5. The summed E-state index contributed by atoms with van der Waals surface area (Å²) in [4.78, 5) is 15.3. The Hall–Kier alpha value is -2.34. The molecule has 1 aromatic carbocycles. The third kappa shape index (κ3) is 5.04. The van der Waals surface area contributed by atoms with Crippen LogP contribution in [0, 0.1) is 12.8 Å². The zero-order valence-electron chi connectivity index (χ0n) is 18.3. The smallest absolute Gasteiger partial charge is 0.272 e. The lowest BCUT2D eigenvalue weighted by Gasteiger charge is -2.35. The number of carbonyl (C=O) groups excluding carboxylic acids is 1. The summed E-state index contributed by atoms with van der Waals surface area (Å²) >= 11 is 0. The quantitative estimate of drug-likeness (QED) is 0.783. The first kappa shape index (κ1) is 20.9. The van der Waals surface area contributed by atoms with Crippen LogP contribution >= 0.6 is 0 Å². The summed E-state index contributed by atoms with van der Waals surface area (Å²) in [6, 6.07) is 7.94. The second kappa shape index (κ2) is 9.65. The van der Waals surface area contributed by atoms with Crippen molar-refractivity contribution in [1.82, 2.24) is 20.0 Å². The van der Waals surface area contributed by atoms with Gasteiger partial charge in [-0.05, 0) is 62.3 Å². The number of likely N-dealkylation sites (tertiary alicyclic amines) is 1. The molecule has 1 aliphatic carbocycles. The van der Waals surface area contributed by atoms with Gasteiger partial charge >= 0.3 is 0 Å². The van der Waals surface area contributed by atoms with Crippen LogP contribution in [0.25, 0.3) is 5.69 Å². The topological polar surface area (TPSA) is 59.4 Å². The minimum absolute atomic E-state index is 0.0916. The number of carbonyl (C=O) groups is 1. The summed E-state index contributed by atoms with van der Waals surface area (Å²) < 4.78 is 7.16. The highest BCUT2D eigenvalue weighted by molar-refractivity contribution is 5.92. The molecular formula is C24H34N4O2. The van der Waals surface area contributed by atoms with Crippen molar-refractivity contribution in [3.63, 3.8) is 0 Å². The Morgan fingerprint density at radius 3 is 2.63 bits per heavy atom. The summed E-state index contributed by atoms with van der Waals surface area (Å²) in [6.07, 6.45) is 10.9. The standard InChI is InChI=1S/C24H34N4O2/c1-18-8-9-23(30-2)22(16-18)28-15-12-21(26-28)24(29)25-20-10-13-27(14-11-20)17-19-6-4-3-5-7-19/h8-9,12,15-16,19-20H,3-7,10-11,13-14,17H2,1-2H3,(H,25,29). The lowest BCUT2D eigenvalue weighted by Crippen LogP contribution is -2.46. The average molecular weight is 411 g/mol. The molecule has 1 saturated carbocycles. The fourth-order valence-electron chi connectivity index (χ4n) is 4.81. The predicted octanol–water partition coefficient (Wildman–Crippen LogP) is 3.96. The molecule has 2 aromatic rings. The molecule has 0 atom stereocenters. The number of aryl methyl sites for hydroxylation is 1. The van der Waals surface area contributed by atoms with Crippen LogP contribution in [0.4, 0.5) is 0 Å². The third-order valence-corrected chi connectivity index (χ3v) is 6.57. The van der Waals surface area contributed by atoms with Gasteiger partial charge < -0.3 is 15.0 Å². The zero-order chi connectivity index (χ0) is 20.9. The third-order valence-electron chi connectivity index (χ3n) is 6.57. The average Bonchev–Trinajstić information content (AvgIpc) is 3.26. The summed E-state index contributed by atoms with van der Waals surface area (Å²) in [5.41, 5.74) is 2.41. The van der Waals surface area contributed by atoms with Gasteiger partial charge in [-0.2, -0.15) is 5.10 Å². The predicted molar refractivity (Wildman–Crippen MR) is 118 cm³/mol. The molecule has 6 heteroatoms. The van der Waals surface area contributed by atoms with Crippen molar-refractivity contribution in [2.45, 2.75) is 57.9 Å². The first-order valence-electron chi connectivity index (χ1n) is 11.4. The fraction of sp³-hybridized carbons (Fsp3) is 0.583. The second-order valence-corrected chi connectivity index (χ2v) is 8.87. The van der Waals surface area contributed by atoms with E-state index in [4.69, 9.17) is 4.74 Å². The molecule has 1 N–H and O–H groups in total. The van der Waals surface area contributed by atoms with Crippen molar-refractivity contribution in [2.75, 3.05) is 26.7 Å². The normalized spacial score (nSPS) is 19.0. The number of methoxy groups -OCH3 is 1. The van der Waals surface area contributed by atoms with E-state index in [-0.39, 0.29) is 11.9 Å². The van der Waals surface area contributed by atoms with E-state index >= 15 is 0 Å². The lowest BCUT2D eigenvalue weighted by molar-refractivity contribution is 0.0896. The Kier molecular flexibility index (Phi) is 6.72. The molecule has 0 radical (unpaired) electrons. The number of hydrogen-bond donors (Lipinski definition) is 1. The van der Waals surface area contributed by atoms with Gasteiger partial charge in [0.15, 0.2) is 5.69 Å². The molecule has 0 bridgehead atoms. The zero-order valence-corrected chi connectivity index (χ0v) is 18.3. The van der Waals surface area contributed by atoms with E-state index < -0.39 is 0 Å². The SMILES string of the molecule is COc1ccc(C)cc1-n1ccc(C(=O)NC2CCN(CC3CCCCC3)CC2)n1.